The molecular weight excluding hydrogens is 309 g/mol. The molecule has 5 heteroatoms. The monoisotopic (exact) mass is 321 g/mol. The molecule has 0 atom stereocenters. The number of carboxylic acids is 1. The Kier molecular flexibility index (Phi) is 3.30. The highest BCUT2D eigenvalue weighted by atomic mass is 127. The van der Waals surface area contributed by atoms with E-state index in [9.17, 15) is 4.79 Å². The SMILES string of the molecule is O=C(O)c1cc(I)cn1C1CCOCC1. The average Bonchev–Trinajstić information content (AvgIpc) is 2.62. The van der Waals surface area contributed by atoms with E-state index in [-0.39, 0.29) is 6.04 Å². The molecular formula is C10H12INO3. The van der Waals surface area contributed by atoms with Gasteiger partial charge in [-0.3, -0.25) is 0 Å². The van der Waals surface area contributed by atoms with E-state index in [1.807, 2.05) is 10.8 Å². The highest BCUT2D eigenvalue weighted by Crippen LogP contribution is 2.25. The van der Waals surface area contributed by atoms with Crippen molar-refractivity contribution in [2.24, 2.45) is 0 Å². The van der Waals surface area contributed by atoms with Crippen LogP contribution in [0.2, 0.25) is 0 Å². The lowest BCUT2D eigenvalue weighted by molar-refractivity contribution is 0.0609. The van der Waals surface area contributed by atoms with Gasteiger partial charge in [0, 0.05) is 29.0 Å². The van der Waals surface area contributed by atoms with E-state index < -0.39 is 5.97 Å². The van der Waals surface area contributed by atoms with Gasteiger partial charge in [-0.1, -0.05) is 0 Å². The van der Waals surface area contributed by atoms with Gasteiger partial charge in [0.2, 0.25) is 0 Å². The summed E-state index contributed by atoms with van der Waals surface area (Å²) in [4.78, 5) is 11.0. The second-order valence-electron chi connectivity index (χ2n) is 3.60. The maximum atomic E-state index is 11.0. The minimum absolute atomic E-state index is 0.272. The number of nitrogens with zero attached hydrogens (tertiary/aromatic N) is 1. The van der Waals surface area contributed by atoms with Crippen LogP contribution in [0, 0.1) is 3.57 Å². The number of aromatic nitrogens is 1. The fourth-order valence-corrected chi connectivity index (χ4v) is 2.48. The summed E-state index contributed by atoms with van der Waals surface area (Å²) < 4.78 is 8.10. The summed E-state index contributed by atoms with van der Waals surface area (Å²) in [6.45, 7) is 1.44. The smallest absolute Gasteiger partial charge is 0.352 e. The lowest BCUT2D eigenvalue weighted by Gasteiger charge is -2.24. The third-order valence-electron chi connectivity index (χ3n) is 2.62. The molecule has 0 bridgehead atoms. The zero-order valence-electron chi connectivity index (χ0n) is 8.15. The van der Waals surface area contributed by atoms with E-state index in [1.165, 1.54) is 0 Å². The van der Waals surface area contributed by atoms with Gasteiger partial charge in [-0.15, -0.1) is 0 Å². The number of hydrogen-bond donors (Lipinski definition) is 1. The van der Waals surface area contributed by atoms with Crippen molar-refractivity contribution in [3.63, 3.8) is 0 Å². The van der Waals surface area contributed by atoms with E-state index in [0.717, 1.165) is 29.6 Å². The number of carbonyl (C=O) groups is 1. The van der Waals surface area contributed by atoms with Crippen LogP contribution in [0.5, 0.6) is 0 Å². The van der Waals surface area contributed by atoms with Crippen molar-refractivity contribution in [1.82, 2.24) is 4.57 Å². The van der Waals surface area contributed by atoms with Gasteiger partial charge in [0.05, 0.1) is 0 Å². The maximum absolute atomic E-state index is 11.0. The number of hydrogen-bond acceptors (Lipinski definition) is 2. The van der Waals surface area contributed by atoms with Gasteiger partial charge in [-0.2, -0.15) is 0 Å². The molecule has 0 aliphatic carbocycles. The summed E-state index contributed by atoms with van der Waals surface area (Å²) in [5, 5.41) is 9.05. The van der Waals surface area contributed by atoms with Gasteiger partial charge in [-0.05, 0) is 41.5 Å². The molecule has 0 aromatic carbocycles. The maximum Gasteiger partial charge on any atom is 0.352 e. The van der Waals surface area contributed by atoms with Crippen molar-refractivity contribution in [3.05, 3.63) is 21.5 Å². The van der Waals surface area contributed by atoms with Gasteiger partial charge < -0.3 is 14.4 Å². The number of carboxylic acid groups (broad SMARTS) is 1. The fraction of sp³-hybridized carbons (Fsp3) is 0.500. The van der Waals surface area contributed by atoms with Gasteiger partial charge in [-0.25, -0.2) is 4.79 Å². The zero-order chi connectivity index (χ0) is 10.8. The molecule has 1 N–H and O–H groups in total. The molecule has 1 aliphatic rings. The summed E-state index contributed by atoms with van der Waals surface area (Å²) in [6, 6.07) is 1.98. The third-order valence-corrected chi connectivity index (χ3v) is 3.21. The van der Waals surface area contributed by atoms with Gasteiger partial charge in [0.25, 0.3) is 0 Å². The lowest BCUT2D eigenvalue weighted by atomic mass is 10.1. The molecule has 0 radical (unpaired) electrons. The highest BCUT2D eigenvalue weighted by molar-refractivity contribution is 14.1. The first kappa shape index (κ1) is 10.9. The van der Waals surface area contributed by atoms with Crippen LogP contribution >= 0.6 is 22.6 Å². The molecule has 1 aromatic rings. The van der Waals surface area contributed by atoms with Crippen LogP contribution in [0.25, 0.3) is 0 Å². The van der Waals surface area contributed by atoms with E-state index >= 15 is 0 Å². The van der Waals surface area contributed by atoms with E-state index in [2.05, 4.69) is 22.6 Å². The molecule has 0 saturated carbocycles. The van der Waals surface area contributed by atoms with Crippen LogP contribution in [0.4, 0.5) is 0 Å². The van der Waals surface area contributed by atoms with Crippen molar-refractivity contribution < 1.29 is 14.6 Å². The number of ether oxygens (including phenoxy) is 1. The Morgan fingerprint density at radius 3 is 2.80 bits per heavy atom. The molecule has 0 unspecified atom stereocenters. The van der Waals surface area contributed by atoms with Crippen LogP contribution in [0.1, 0.15) is 29.4 Å². The zero-order valence-corrected chi connectivity index (χ0v) is 10.3. The van der Waals surface area contributed by atoms with Gasteiger partial charge >= 0.3 is 5.97 Å². The number of aromatic carboxylic acids is 1. The molecule has 1 aliphatic heterocycles. The van der Waals surface area contributed by atoms with Crippen LogP contribution in [-0.4, -0.2) is 28.9 Å². The lowest BCUT2D eigenvalue weighted by Crippen LogP contribution is -2.21. The predicted octanol–water partition coefficient (Wildman–Crippen LogP) is 2.14. The topological polar surface area (TPSA) is 51.5 Å². The Morgan fingerprint density at radius 2 is 2.20 bits per heavy atom. The summed E-state index contributed by atoms with van der Waals surface area (Å²) in [5.41, 5.74) is 0.381. The van der Waals surface area contributed by atoms with Gasteiger partial charge in [0.1, 0.15) is 5.69 Å². The summed E-state index contributed by atoms with van der Waals surface area (Å²) >= 11 is 2.14. The van der Waals surface area contributed by atoms with Crippen molar-refractivity contribution in [2.75, 3.05) is 13.2 Å². The van der Waals surface area contributed by atoms with Crippen LogP contribution in [0.3, 0.4) is 0 Å². The largest absolute Gasteiger partial charge is 0.477 e. The van der Waals surface area contributed by atoms with Gasteiger partial charge in [0.15, 0.2) is 0 Å². The molecule has 1 saturated heterocycles. The van der Waals surface area contributed by atoms with Crippen molar-refractivity contribution in [1.29, 1.82) is 0 Å². The average molecular weight is 321 g/mol. The molecule has 82 valence electrons. The minimum Gasteiger partial charge on any atom is -0.477 e. The Hall–Kier alpha value is -0.560. The summed E-state index contributed by atoms with van der Waals surface area (Å²) in [5.74, 6) is -0.857. The normalized spacial score (nSPS) is 17.9. The van der Waals surface area contributed by atoms with Crippen molar-refractivity contribution in [2.45, 2.75) is 18.9 Å². The first-order valence-corrected chi connectivity index (χ1v) is 5.95. The molecule has 2 rings (SSSR count). The molecule has 0 amide bonds. The summed E-state index contributed by atoms with van der Waals surface area (Å²) in [7, 11) is 0. The molecule has 1 aromatic heterocycles. The summed E-state index contributed by atoms with van der Waals surface area (Å²) in [6.07, 6.45) is 3.69. The Balaban J connectivity index is 2.28. The van der Waals surface area contributed by atoms with E-state index in [4.69, 9.17) is 9.84 Å². The number of halogens is 1. The molecule has 15 heavy (non-hydrogen) atoms. The number of rotatable bonds is 2. The van der Waals surface area contributed by atoms with Crippen LogP contribution in [0.15, 0.2) is 12.3 Å². The molecule has 4 nitrogen and oxygen atoms in total. The first-order valence-electron chi connectivity index (χ1n) is 4.87. The Bertz CT molecular complexity index is 369. The highest BCUT2D eigenvalue weighted by Gasteiger charge is 2.21. The van der Waals surface area contributed by atoms with Crippen LogP contribution in [-0.2, 0) is 4.74 Å². The van der Waals surface area contributed by atoms with E-state index in [1.54, 1.807) is 6.07 Å². The second kappa shape index (κ2) is 4.52. The third kappa shape index (κ3) is 2.34. The minimum atomic E-state index is -0.857. The van der Waals surface area contributed by atoms with Crippen LogP contribution < -0.4 is 0 Å². The fourth-order valence-electron chi connectivity index (χ4n) is 1.88. The van der Waals surface area contributed by atoms with Crippen molar-refractivity contribution >= 4 is 28.6 Å². The second-order valence-corrected chi connectivity index (χ2v) is 4.85. The molecule has 2 heterocycles. The van der Waals surface area contributed by atoms with Crippen molar-refractivity contribution in [3.8, 4) is 0 Å². The molecule has 0 spiro atoms. The standard InChI is InChI=1S/C10H12INO3/c11-7-5-9(10(13)14)12(6-7)8-1-3-15-4-2-8/h5-6,8H,1-4H2,(H,13,14). The quantitative estimate of drug-likeness (QED) is 0.849. The first-order chi connectivity index (χ1) is 7.18. The Labute approximate surface area is 101 Å². The molecule has 1 fully saturated rings. The van der Waals surface area contributed by atoms with E-state index in [0.29, 0.717) is 5.69 Å². The Morgan fingerprint density at radius 1 is 1.53 bits per heavy atom. The predicted molar refractivity (Wildman–Crippen MR) is 63.2 cm³/mol.